The number of anilines is 1. The summed E-state index contributed by atoms with van der Waals surface area (Å²) in [5.74, 6) is 1.51. The van der Waals surface area contributed by atoms with Crippen molar-refractivity contribution in [2.75, 3.05) is 25.0 Å². The highest BCUT2D eigenvalue weighted by atomic mass is 79.9. The molecule has 0 aliphatic carbocycles. The van der Waals surface area contributed by atoms with E-state index in [0.29, 0.717) is 11.1 Å². The molecule has 1 fully saturated rings. The minimum Gasteiger partial charge on any atom is -0.339 e. The highest BCUT2D eigenvalue weighted by Crippen LogP contribution is 2.28. The smallest absolute Gasteiger partial charge is 0.245 e. The third kappa shape index (κ3) is 3.22. The van der Waals surface area contributed by atoms with Crippen molar-refractivity contribution in [3.8, 4) is 11.4 Å². The summed E-state index contributed by atoms with van der Waals surface area (Å²) in [5, 5.41) is 11.3. The van der Waals surface area contributed by atoms with E-state index in [1.165, 1.54) is 0 Å². The van der Waals surface area contributed by atoms with E-state index in [9.17, 15) is 0 Å². The van der Waals surface area contributed by atoms with E-state index in [4.69, 9.17) is 11.6 Å². The second kappa shape index (κ2) is 6.34. The van der Waals surface area contributed by atoms with Crippen molar-refractivity contribution in [1.29, 1.82) is 0 Å². The number of halogens is 2. The lowest BCUT2D eigenvalue weighted by atomic mass is 10.1. The van der Waals surface area contributed by atoms with Crippen LogP contribution in [0.5, 0.6) is 0 Å². The number of H-pyrrole nitrogens is 1. The predicted octanol–water partition coefficient (Wildman–Crippen LogP) is 3.08. The lowest BCUT2D eigenvalue weighted by Crippen LogP contribution is -2.41. The normalized spacial score (nSPS) is 16.4. The lowest BCUT2D eigenvalue weighted by molar-refractivity contribution is 0.439. The quantitative estimate of drug-likeness (QED) is 0.872. The van der Waals surface area contributed by atoms with Gasteiger partial charge in [0.15, 0.2) is 5.82 Å². The molecule has 2 N–H and O–H groups in total. The number of rotatable bonds is 3. The Morgan fingerprint density at radius 3 is 2.81 bits per heavy atom. The monoisotopic (exact) mass is 369 g/mol. The molecule has 0 bridgehead atoms. The first kappa shape index (κ1) is 14.8. The summed E-state index contributed by atoms with van der Waals surface area (Å²) < 4.78 is 0.877. The molecule has 5 nitrogen and oxygen atoms in total. The van der Waals surface area contributed by atoms with Crippen molar-refractivity contribution in [2.24, 2.45) is 0 Å². The zero-order valence-corrected chi connectivity index (χ0v) is 14.1. The SMILES string of the molecule is CNC1CCN(c2n[nH]c(-c3ccc(Br)c(Cl)c3)n2)CC1. The van der Waals surface area contributed by atoms with E-state index in [1.807, 2.05) is 25.2 Å². The summed E-state index contributed by atoms with van der Waals surface area (Å²) in [7, 11) is 2.02. The van der Waals surface area contributed by atoms with Crippen molar-refractivity contribution in [3.63, 3.8) is 0 Å². The fraction of sp³-hybridized carbons (Fsp3) is 0.429. The van der Waals surface area contributed by atoms with Gasteiger partial charge in [-0.25, -0.2) is 0 Å². The molecule has 1 aliphatic rings. The van der Waals surface area contributed by atoms with Crippen LogP contribution in [0, 0.1) is 0 Å². The molecule has 1 saturated heterocycles. The third-order valence-corrected chi connectivity index (χ3v) is 5.09. The molecular formula is C14H17BrClN5. The number of benzene rings is 1. The number of nitrogens with one attached hydrogen (secondary N) is 2. The number of hydrogen-bond acceptors (Lipinski definition) is 4. The minimum atomic E-state index is 0.602. The standard InChI is InChI=1S/C14H17BrClN5/c1-17-10-4-6-21(7-5-10)14-18-13(19-20-14)9-2-3-11(15)12(16)8-9/h2-3,8,10,17H,4-7H2,1H3,(H,18,19,20). The molecule has 0 spiro atoms. The van der Waals surface area contributed by atoms with Crippen LogP contribution in [-0.4, -0.2) is 41.4 Å². The van der Waals surface area contributed by atoms with Gasteiger partial charge in [-0.1, -0.05) is 11.6 Å². The Kier molecular flexibility index (Phi) is 4.47. The molecule has 0 amide bonds. The third-order valence-electron chi connectivity index (χ3n) is 3.85. The first-order valence-electron chi connectivity index (χ1n) is 6.97. The number of aromatic amines is 1. The maximum absolute atomic E-state index is 6.12. The van der Waals surface area contributed by atoms with E-state index < -0.39 is 0 Å². The zero-order valence-electron chi connectivity index (χ0n) is 11.7. The molecule has 0 atom stereocenters. The summed E-state index contributed by atoms with van der Waals surface area (Å²) in [6.45, 7) is 1.95. The highest BCUT2D eigenvalue weighted by Gasteiger charge is 2.21. The Morgan fingerprint density at radius 2 is 2.14 bits per heavy atom. The molecule has 2 aromatic rings. The van der Waals surface area contributed by atoms with E-state index in [-0.39, 0.29) is 0 Å². The van der Waals surface area contributed by atoms with Gasteiger partial charge in [0.1, 0.15) is 0 Å². The van der Waals surface area contributed by atoms with Crippen molar-refractivity contribution in [2.45, 2.75) is 18.9 Å². The van der Waals surface area contributed by atoms with E-state index in [1.54, 1.807) is 0 Å². The van der Waals surface area contributed by atoms with Crippen LogP contribution in [0.2, 0.25) is 5.02 Å². The zero-order chi connectivity index (χ0) is 14.8. The van der Waals surface area contributed by atoms with E-state index in [0.717, 1.165) is 47.7 Å². The van der Waals surface area contributed by atoms with Crippen LogP contribution < -0.4 is 10.2 Å². The van der Waals surface area contributed by atoms with Crippen LogP contribution in [0.1, 0.15) is 12.8 Å². The van der Waals surface area contributed by atoms with Crippen LogP contribution in [0.25, 0.3) is 11.4 Å². The Balaban J connectivity index is 1.76. The van der Waals surface area contributed by atoms with Gasteiger partial charge in [0, 0.05) is 29.2 Å². The van der Waals surface area contributed by atoms with Gasteiger partial charge in [-0.15, -0.1) is 5.10 Å². The molecule has 1 aliphatic heterocycles. The first-order valence-corrected chi connectivity index (χ1v) is 8.14. The summed E-state index contributed by atoms with van der Waals surface area (Å²) in [4.78, 5) is 6.81. The predicted molar refractivity (Wildman–Crippen MR) is 88.8 cm³/mol. The molecule has 0 radical (unpaired) electrons. The highest BCUT2D eigenvalue weighted by molar-refractivity contribution is 9.10. The molecule has 21 heavy (non-hydrogen) atoms. The molecule has 3 rings (SSSR count). The molecule has 0 saturated carbocycles. The van der Waals surface area contributed by atoms with Gasteiger partial charge in [0.2, 0.25) is 5.95 Å². The van der Waals surface area contributed by atoms with Crippen LogP contribution in [0.4, 0.5) is 5.95 Å². The van der Waals surface area contributed by atoms with Gasteiger partial charge in [-0.2, -0.15) is 4.98 Å². The molecule has 2 heterocycles. The second-order valence-corrected chi connectivity index (χ2v) is 6.42. The van der Waals surface area contributed by atoms with Crippen LogP contribution in [-0.2, 0) is 0 Å². The van der Waals surface area contributed by atoms with Crippen LogP contribution in [0.15, 0.2) is 22.7 Å². The second-order valence-electron chi connectivity index (χ2n) is 5.16. The van der Waals surface area contributed by atoms with Crippen molar-refractivity contribution >= 4 is 33.5 Å². The summed E-state index contributed by atoms with van der Waals surface area (Å²) in [5.41, 5.74) is 0.937. The van der Waals surface area contributed by atoms with Gasteiger partial charge in [0.25, 0.3) is 0 Å². The van der Waals surface area contributed by atoms with Crippen molar-refractivity contribution in [1.82, 2.24) is 20.5 Å². The molecular weight excluding hydrogens is 354 g/mol. The van der Waals surface area contributed by atoms with Gasteiger partial charge in [-0.05, 0) is 54.0 Å². The van der Waals surface area contributed by atoms with Crippen LogP contribution >= 0.6 is 27.5 Å². The number of aromatic nitrogens is 3. The van der Waals surface area contributed by atoms with Crippen LogP contribution in [0.3, 0.4) is 0 Å². The summed E-state index contributed by atoms with van der Waals surface area (Å²) >= 11 is 9.51. The molecule has 1 aromatic carbocycles. The van der Waals surface area contributed by atoms with E-state index >= 15 is 0 Å². The Morgan fingerprint density at radius 1 is 1.38 bits per heavy atom. The van der Waals surface area contributed by atoms with Crippen molar-refractivity contribution in [3.05, 3.63) is 27.7 Å². The topological polar surface area (TPSA) is 56.8 Å². The molecule has 1 aromatic heterocycles. The maximum Gasteiger partial charge on any atom is 0.245 e. The fourth-order valence-corrected chi connectivity index (χ4v) is 2.96. The number of piperidine rings is 1. The van der Waals surface area contributed by atoms with E-state index in [2.05, 4.69) is 41.3 Å². The largest absolute Gasteiger partial charge is 0.339 e. The van der Waals surface area contributed by atoms with Gasteiger partial charge in [-0.3, -0.25) is 5.10 Å². The maximum atomic E-state index is 6.12. The number of nitrogens with zero attached hydrogens (tertiary/aromatic N) is 3. The Bertz CT molecular complexity index is 622. The average Bonchev–Trinajstić information content (AvgIpc) is 3.00. The fourth-order valence-electron chi connectivity index (χ4n) is 2.54. The summed E-state index contributed by atoms with van der Waals surface area (Å²) in [6.07, 6.45) is 2.23. The lowest BCUT2D eigenvalue weighted by Gasteiger charge is -2.30. The molecule has 0 unspecified atom stereocenters. The average molecular weight is 371 g/mol. The van der Waals surface area contributed by atoms with Gasteiger partial charge < -0.3 is 10.2 Å². The summed E-state index contributed by atoms with van der Waals surface area (Å²) in [6, 6.07) is 6.36. The van der Waals surface area contributed by atoms with Gasteiger partial charge >= 0.3 is 0 Å². The minimum absolute atomic E-state index is 0.602. The molecule has 7 heteroatoms. The first-order chi connectivity index (χ1) is 10.2. The Labute approximate surface area is 137 Å². The Hall–Kier alpha value is -1.11. The molecule has 112 valence electrons. The van der Waals surface area contributed by atoms with Gasteiger partial charge in [0.05, 0.1) is 5.02 Å². The number of hydrogen-bond donors (Lipinski definition) is 2. The van der Waals surface area contributed by atoms with Crippen molar-refractivity contribution < 1.29 is 0 Å².